The molecular weight excluding hydrogens is 234 g/mol. The SMILES string of the molecule is N#C[C@@H]1C[C@H]1S(=O)(=O)c1ccc(Cl)cc1. The van der Waals surface area contributed by atoms with Gasteiger partial charge in [0.1, 0.15) is 0 Å². The van der Waals surface area contributed by atoms with Crippen LogP contribution in [0.1, 0.15) is 6.42 Å². The minimum Gasteiger partial charge on any atom is -0.223 e. The normalized spacial score (nSPS) is 24.5. The molecule has 1 aromatic rings. The first kappa shape index (κ1) is 10.5. The van der Waals surface area contributed by atoms with Gasteiger partial charge in [0, 0.05) is 5.02 Å². The molecular formula is C10H8ClNO2S. The lowest BCUT2D eigenvalue weighted by Crippen LogP contribution is -2.08. The van der Waals surface area contributed by atoms with Gasteiger partial charge in [-0.1, -0.05) is 11.6 Å². The number of rotatable bonds is 2. The molecule has 78 valence electrons. The second kappa shape index (κ2) is 3.51. The summed E-state index contributed by atoms with van der Waals surface area (Å²) in [5.41, 5.74) is 0. The molecule has 5 heteroatoms. The van der Waals surface area contributed by atoms with Gasteiger partial charge in [0.15, 0.2) is 9.84 Å². The van der Waals surface area contributed by atoms with Gasteiger partial charge in [-0.2, -0.15) is 5.26 Å². The molecule has 2 atom stereocenters. The summed E-state index contributed by atoms with van der Waals surface area (Å²) in [6.45, 7) is 0. The molecule has 3 nitrogen and oxygen atoms in total. The fraction of sp³-hybridized carbons (Fsp3) is 0.300. The molecule has 0 N–H and O–H groups in total. The molecule has 0 radical (unpaired) electrons. The van der Waals surface area contributed by atoms with Gasteiger partial charge in [-0.25, -0.2) is 8.42 Å². The van der Waals surface area contributed by atoms with E-state index < -0.39 is 15.1 Å². The van der Waals surface area contributed by atoms with Crippen LogP contribution in [0.3, 0.4) is 0 Å². The van der Waals surface area contributed by atoms with Crippen LogP contribution in [0.5, 0.6) is 0 Å². The van der Waals surface area contributed by atoms with E-state index in [4.69, 9.17) is 16.9 Å². The van der Waals surface area contributed by atoms with Crippen molar-refractivity contribution in [2.24, 2.45) is 5.92 Å². The second-order valence-electron chi connectivity index (χ2n) is 3.51. The zero-order valence-corrected chi connectivity index (χ0v) is 9.29. The van der Waals surface area contributed by atoms with Crippen molar-refractivity contribution < 1.29 is 8.42 Å². The lowest BCUT2D eigenvalue weighted by atomic mass is 10.4. The topological polar surface area (TPSA) is 57.9 Å². The highest BCUT2D eigenvalue weighted by molar-refractivity contribution is 7.92. The number of nitriles is 1. The quantitative estimate of drug-likeness (QED) is 0.796. The number of nitrogens with zero attached hydrogens (tertiary/aromatic N) is 1. The third kappa shape index (κ3) is 1.85. The van der Waals surface area contributed by atoms with Gasteiger partial charge in [0.25, 0.3) is 0 Å². The Hall–Kier alpha value is -1.05. The molecule has 0 spiro atoms. The minimum absolute atomic E-state index is 0.245. The van der Waals surface area contributed by atoms with Gasteiger partial charge in [-0.05, 0) is 30.7 Å². The molecule has 15 heavy (non-hydrogen) atoms. The van der Waals surface area contributed by atoms with Crippen molar-refractivity contribution in [1.82, 2.24) is 0 Å². The molecule has 1 aromatic carbocycles. The molecule has 2 rings (SSSR count). The molecule has 1 aliphatic carbocycles. The van der Waals surface area contributed by atoms with Crippen molar-refractivity contribution in [2.45, 2.75) is 16.6 Å². The van der Waals surface area contributed by atoms with Crippen molar-refractivity contribution in [2.75, 3.05) is 0 Å². The summed E-state index contributed by atoms with van der Waals surface area (Å²) >= 11 is 5.67. The van der Waals surface area contributed by atoms with E-state index in [0.29, 0.717) is 11.4 Å². The van der Waals surface area contributed by atoms with Gasteiger partial charge < -0.3 is 0 Å². The lowest BCUT2D eigenvalue weighted by Gasteiger charge is -2.01. The van der Waals surface area contributed by atoms with Crippen LogP contribution in [0.25, 0.3) is 0 Å². The Kier molecular flexibility index (Phi) is 2.45. The Morgan fingerprint density at radius 1 is 1.33 bits per heavy atom. The third-order valence-corrected chi connectivity index (χ3v) is 4.94. The molecule has 0 heterocycles. The minimum atomic E-state index is -3.32. The monoisotopic (exact) mass is 241 g/mol. The predicted molar refractivity (Wildman–Crippen MR) is 56.1 cm³/mol. The summed E-state index contributed by atoms with van der Waals surface area (Å²) in [4.78, 5) is 0.245. The Morgan fingerprint density at radius 3 is 2.40 bits per heavy atom. The smallest absolute Gasteiger partial charge is 0.182 e. The molecule has 1 fully saturated rings. The highest BCUT2D eigenvalue weighted by atomic mass is 35.5. The Morgan fingerprint density at radius 2 is 1.93 bits per heavy atom. The third-order valence-electron chi connectivity index (χ3n) is 2.44. The first-order chi connectivity index (χ1) is 7.05. The molecule has 1 aliphatic rings. The van der Waals surface area contributed by atoms with Crippen LogP contribution in [0, 0.1) is 17.2 Å². The fourth-order valence-corrected chi connectivity index (χ4v) is 3.39. The average molecular weight is 242 g/mol. The van der Waals surface area contributed by atoms with E-state index in [0.717, 1.165) is 0 Å². The largest absolute Gasteiger partial charge is 0.223 e. The van der Waals surface area contributed by atoms with Gasteiger partial charge in [0.05, 0.1) is 22.1 Å². The van der Waals surface area contributed by atoms with Gasteiger partial charge in [-0.3, -0.25) is 0 Å². The van der Waals surface area contributed by atoms with E-state index in [1.807, 2.05) is 6.07 Å². The summed E-state index contributed by atoms with van der Waals surface area (Å²) in [5, 5.41) is 8.57. The van der Waals surface area contributed by atoms with Crippen LogP contribution in [0.2, 0.25) is 5.02 Å². The van der Waals surface area contributed by atoms with E-state index in [9.17, 15) is 8.42 Å². The standard InChI is InChI=1S/C10H8ClNO2S/c11-8-1-3-9(4-2-8)15(13,14)10-5-7(10)6-12/h1-4,7,10H,5H2/t7-,10+/m0/s1. The maximum atomic E-state index is 11.9. The van der Waals surface area contributed by atoms with Crippen molar-refractivity contribution >= 4 is 21.4 Å². The van der Waals surface area contributed by atoms with Crippen LogP contribution >= 0.6 is 11.6 Å². The summed E-state index contributed by atoms with van der Waals surface area (Å²) in [7, 11) is -3.32. The highest BCUT2D eigenvalue weighted by Gasteiger charge is 2.48. The zero-order valence-electron chi connectivity index (χ0n) is 7.72. The van der Waals surface area contributed by atoms with Crippen LogP contribution in [-0.2, 0) is 9.84 Å². The van der Waals surface area contributed by atoms with Crippen LogP contribution in [0.15, 0.2) is 29.2 Å². The summed E-state index contributed by atoms with van der Waals surface area (Å²) in [6, 6.07) is 8.00. The van der Waals surface area contributed by atoms with Crippen molar-refractivity contribution in [3.8, 4) is 6.07 Å². The average Bonchev–Trinajstić information content (AvgIpc) is 2.98. The number of sulfone groups is 1. The molecule has 0 aliphatic heterocycles. The Labute approximate surface area is 93.2 Å². The van der Waals surface area contributed by atoms with Gasteiger partial charge >= 0.3 is 0 Å². The van der Waals surface area contributed by atoms with Gasteiger partial charge in [-0.15, -0.1) is 0 Å². The first-order valence-electron chi connectivity index (χ1n) is 4.45. The molecule has 1 saturated carbocycles. The molecule has 0 saturated heterocycles. The maximum absolute atomic E-state index is 11.9. The summed E-state index contributed by atoms with van der Waals surface area (Å²) in [6.07, 6.45) is 0.446. The van der Waals surface area contributed by atoms with Crippen molar-refractivity contribution in [3.63, 3.8) is 0 Å². The second-order valence-corrected chi connectivity index (χ2v) is 6.11. The fourth-order valence-electron chi connectivity index (χ4n) is 1.45. The number of benzene rings is 1. The molecule has 0 amide bonds. The molecule has 0 unspecified atom stereocenters. The highest BCUT2D eigenvalue weighted by Crippen LogP contribution is 2.39. The zero-order chi connectivity index (χ0) is 11.1. The number of hydrogen-bond donors (Lipinski definition) is 0. The van der Waals surface area contributed by atoms with Crippen LogP contribution in [-0.4, -0.2) is 13.7 Å². The van der Waals surface area contributed by atoms with E-state index in [1.165, 1.54) is 24.3 Å². The summed E-state index contributed by atoms with van der Waals surface area (Å²) < 4.78 is 23.8. The number of halogens is 1. The van der Waals surface area contributed by atoms with Crippen molar-refractivity contribution in [1.29, 1.82) is 5.26 Å². The molecule has 0 aromatic heterocycles. The Balaban J connectivity index is 2.32. The summed E-state index contributed by atoms with van der Waals surface area (Å²) in [5.74, 6) is -0.342. The van der Waals surface area contributed by atoms with E-state index >= 15 is 0 Å². The van der Waals surface area contributed by atoms with Crippen LogP contribution in [0.4, 0.5) is 0 Å². The molecule has 0 bridgehead atoms. The van der Waals surface area contributed by atoms with E-state index in [-0.39, 0.29) is 10.8 Å². The van der Waals surface area contributed by atoms with Crippen molar-refractivity contribution in [3.05, 3.63) is 29.3 Å². The van der Waals surface area contributed by atoms with Crippen LogP contribution < -0.4 is 0 Å². The lowest BCUT2D eigenvalue weighted by molar-refractivity contribution is 0.594. The first-order valence-corrected chi connectivity index (χ1v) is 6.37. The van der Waals surface area contributed by atoms with E-state index in [1.54, 1.807) is 0 Å². The maximum Gasteiger partial charge on any atom is 0.182 e. The predicted octanol–water partition coefficient (Wildman–Crippen LogP) is 2.03. The van der Waals surface area contributed by atoms with Gasteiger partial charge in [0.2, 0.25) is 0 Å². The Bertz CT molecular complexity index is 515. The number of hydrogen-bond acceptors (Lipinski definition) is 3. The van der Waals surface area contributed by atoms with E-state index in [2.05, 4.69) is 0 Å².